The van der Waals surface area contributed by atoms with Crippen LogP contribution in [0.15, 0.2) is 48.8 Å². The molecule has 110 valence electrons. The highest BCUT2D eigenvalue weighted by molar-refractivity contribution is 5.84. The second-order valence-corrected chi connectivity index (χ2v) is 4.62. The van der Waals surface area contributed by atoms with Gasteiger partial charge < -0.3 is 10.4 Å². The lowest BCUT2D eigenvalue weighted by Crippen LogP contribution is -2.33. The zero-order valence-corrected chi connectivity index (χ0v) is 11.5. The maximum Gasteiger partial charge on any atom is 0.330 e. The van der Waals surface area contributed by atoms with Crippen LogP contribution in [0.1, 0.15) is 24.4 Å². The van der Waals surface area contributed by atoms with Crippen molar-refractivity contribution in [3.05, 3.63) is 54.4 Å². The summed E-state index contributed by atoms with van der Waals surface area (Å²) in [5, 5.41) is 15.8. The molecule has 6 heteroatoms. The molecule has 1 aromatic heterocycles. The number of carbonyl (C=O) groups is 2. The third-order valence-corrected chi connectivity index (χ3v) is 3.04. The summed E-state index contributed by atoms with van der Waals surface area (Å²) >= 11 is 0. The molecule has 21 heavy (non-hydrogen) atoms. The van der Waals surface area contributed by atoms with Crippen LogP contribution in [0.5, 0.6) is 0 Å². The molecule has 2 rings (SSSR count). The quantitative estimate of drug-likeness (QED) is 0.810. The lowest BCUT2D eigenvalue weighted by atomic mass is 10.1. The Labute approximate surface area is 122 Å². The molecule has 0 saturated heterocycles. The standard InChI is InChI=1S/C15H17N3O3/c19-13(8-4-10-18-11-5-9-16-18)17-14(15(20)21)12-6-2-1-3-7-12/h1-3,5-7,9,11,14H,4,8,10H2,(H,17,19)(H,20,21)/t14-/m0/s1. The van der Waals surface area contributed by atoms with E-state index in [-0.39, 0.29) is 12.3 Å². The van der Waals surface area contributed by atoms with Crippen LogP contribution in [0.4, 0.5) is 0 Å². The van der Waals surface area contributed by atoms with Crippen molar-refractivity contribution in [3.63, 3.8) is 0 Å². The number of nitrogens with one attached hydrogen (secondary N) is 1. The highest BCUT2D eigenvalue weighted by Gasteiger charge is 2.21. The number of aryl methyl sites for hydroxylation is 1. The van der Waals surface area contributed by atoms with Gasteiger partial charge >= 0.3 is 5.97 Å². The fourth-order valence-corrected chi connectivity index (χ4v) is 2.00. The van der Waals surface area contributed by atoms with E-state index in [1.165, 1.54) is 0 Å². The largest absolute Gasteiger partial charge is 0.479 e. The number of carboxylic acid groups (broad SMARTS) is 1. The number of carboxylic acids is 1. The lowest BCUT2D eigenvalue weighted by Gasteiger charge is -2.14. The van der Waals surface area contributed by atoms with Crippen molar-refractivity contribution in [3.8, 4) is 0 Å². The Hall–Kier alpha value is -2.63. The second kappa shape index (κ2) is 7.23. The first-order valence-electron chi connectivity index (χ1n) is 6.71. The van der Waals surface area contributed by atoms with Gasteiger partial charge in [-0.05, 0) is 18.1 Å². The molecule has 0 saturated carbocycles. The van der Waals surface area contributed by atoms with Crippen molar-refractivity contribution in [2.75, 3.05) is 0 Å². The van der Waals surface area contributed by atoms with E-state index in [0.29, 0.717) is 18.5 Å². The monoisotopic (exact) mass is 287 g/mol. The van der Waals surface area contributed by atoms with E-state index in [1.54, 1.807) is 41.2 Å². The van der Waals surface area contributed by atoms with Gasteiger partial charge in [0.05, 0.1) is 0 Å². The normalized spacial score (nSPS) is 11.8. The zero-order chi connectivity index (χ0) is 15.1. The number of benzene rings is 1. The van der Waals surface area contributed by atoms with E-state index >= 15 is 0 Å². The third-order valence-electron chi connectivity index (χ3n) is 3.04. The summed E-state index contributed by atoms with van der Waals surface area (Å²) in [5.74, 6) is -1.35. The summed E-state index contributed by atoms with van der Waals surface area (Å²) < 4.78 is 1.74. The summed E-state index contributed by atoms with van der Waals surface area (Å²) in [7, 11) is 0. The number of carbonyl (C=O) groups excluding carboxylic acids is 1. The van der Waals surface area contributed by atoms with Crippen LogP contribution in [0, 0.1) is 0 Å². The SMILES string of the molecule is O=C(CCCn1cccn1)N[C@H](C(=O)O)c1ccccc1. The molecule has 0 spiro atoms. The molecular formula is C15H17N3O3. The molecule has 0 fully saturated rings. The fourth-order valence-electron chi connectivity index (χ4n) is 2.00. The Morgan fingerprint density at radius 1 is 1.24 bits per heavy atom. The minimum Gasteiger partial charge on any atom is -0.479 e. The van der Waals surface area contributed by atoms with Crippen molar-refractivity contribution in [2.45, 2.75) is 25.4 Å². The third kappa shape index (κ3) is 4.45. The van der Waals surface area contributed by atoms with Gasteiger partial charge in [0.25, 0.3) is 0 Å². The number of nitrogens with zero attached hydrogens (tertiary/aromatic N) is 2. The van der Waals surface area contributed by atoms with E-state index in [9.17, 15) is 14.7 Å². The maximum absolute atomic E-state index is 11.9. The van der Waals surface area contributed by atoms with Crippen LogP contribution in [-0.2, 0) is 16.1 Å². The molecule has 0 radical (unpaired) electrons. The van der Waals surface area contributed by atoms with Crippen molar-refractivity contribution >= 4 is 11.9 Å². The summed E-state index contributed by atoms with van der Waals surface area (Å²) in [4.78, 5) is 23.1. The van der Waals surface area contributed by atoms with Crippen LogP contribution in [-0.4, -0.2) is 26.8 Å². The number of hydrogen-bond donors (Lipinski definition) is 2. The van der Waals surface area contributed by atoms with Gasteiger partial charge in [-0.1, -0.05) is 30.3 Å². The molecular weight excluding hydrogens is 270 g/mol. The summed E-state index contributed by atoms with van der Waals surface area (Å²) in [6.07, 6.45) is 4.36. The molecule has 0 aliphatic carbocycles. The van der Waals surface area contributed by atoms with Gasteiger partial charge in [-0.25, -0.2) is 4.79 Å². The lowest BCUT2D eigenvalue weighted by molar-refractivity contribution is -0.142. The van der Waals surface area contributed by atoms with Crippen LogP contribution in [0.25, 0.3) is 0 Å². The van der Waals surface area contributed by atoms with Gasteiger partial charge in [-0.2, -0.15) is 5.10 Å². The minimum atomic E-state index is -1.07. The van der Waals surface area contributed by atoms with Gasteiger partial charge in [-0.15, -0.1) is 0 Å². The van der Waals surface area contributed by atoms with Gasteiger partial charge in [-0.3, -0.25) is 9.48 Å². The number of aliphatic carboxylic acids is 1. The predicted molar refractivity (Wildman–Crippen MR) is 76.4 cm³/mol. The molecule has 0 aliphatic rings. The van der Waals surface area contributed by atoms with Crippen LogP contribution < -0.4 is 5.32 Å². The maximum atomic E-state index is 11.9. The van der Waals surface area contributed by atoms with Crippen LogP contribution in [0.3, 0.4) is 0 Å². The first-order valence-corrected chi connectivity index (χ1v) is 6.71. The topological polar surface area (TPSA) is 84.2 Å². The average Bonchev–Trinajstić information content (AvgIpc) is 2.98. The minimum absolute atomic E-state index is 0.260. The van der Waals surface area contributed by atoms with Crippen molar-refractivity contribution < 1.29 is 14.7 Å². The fraction of sp³-hybridized carbons (Fsp3) is 0.267. The molecule has 1 aromatic carbocycles. The predicted octanol–water partition coefficient (Wildman–Crippen LogP) is 1.61. The van der Waals surface area contributed by atoms with E-state index in [4.69, 9.17) is 0 Å². The second-order valence-electron chi connectivity index (χ2n) is 4.62. The molecule has 0 bridgehead atoms. The van der Waals surface area contributed by atoms with Gasteiger partial charge in [0.2, 0.25) is 5.91 Å². The number of amides is 1. The first-order chi connectivity index (χ1) is 10.2. The molecule has 1 amide bonds. The molecule has 0 unspecified atom stereocenters. The Kier molecular flexibility index (Phi) is 5.09. The van der Waals surface area contributed by atoms with Crippen LogP contribution >= 0.6 is 0 Å². The molecule has 6 nitrogen and oxygen atoms in total. The Balaban J connectivity index is 1.85. The van der Waals surface area contributed by atoms with Crippen LogP contribution in [0.2, 0.25) is 0 Å². The smallest absolute Gasteiger partial charge is 0.330 e. The number of aromatic nitrogens is 2. The highest BCUT2D eigenvalue weighted by Crippen LogP contribution is 2.13. The number of rotatable bonds is 7. The summed E-state index contributed by atoms with van der Waals surface area (Å²) in [6, 6.07) is 9.46. The van der Waals surface area contributed by atoms with Gasteiger partial charge in [0.1, 0.15) is 0 Å². The number of hydrogen-bond acceptors (Lipinski definition) is 3. The van der Waals surface area contributed by atoms with E-state index in [0.717, 1.165) is 0 Å². The summed E-state index contributed by atoms with van der Waals surface area (Å²) in [5.41, 5.74) is 0.561. The Morgan fingerprint density at radius 2 is 2.00 bits per heavy atom. The van der Waals surface area contributed by atoms with Crippen molar-refractivity contribution in [1.82, 2.24) is 15.1 Å². The van der Waals surface area contributed by atoms with E-state index in [1.807, 2.05) is 12.3 Å². The van der Waals surface area contributed by atoms with Crippen molar-refractivity contribution in [2.24, 2.45) is 0 Å². The summed E-state index contributed by atoms with van der Waals surface area (Å²) in [6.45, 7) is 0.628. The molecule has 1 heterocycles. The van der Waals surface area contributed by atoms with Gasteiger partial charge in [0, 0.05) is 25.4 Å². The van der Waals surface area contributed by atoms with E-state index in [2.05, 4.69) is 10.4 Å². The first kappa shape index (κ1) is 14.8. The molecule has 0 aliphatic heterocycles. The average molecular weight is 287 g/mol. The van der Waals surface area contributed by atoms with E-state index < -0.39 is 12.0 Å². The molecule has 2 aromatic rings. The Morgan fingerprint density at radius 3 is 2.62 bits per heavy atom. The molecule has 1 atom stereocenters. The Bertz CT molecular complexity index is 581. The highest BCUT2D eigenvalue weighted by atomic mass is 16.4. The zero-order valence-electron chi connectivity index (χ0n) is 11.5. The van der Waals surface area contributed by atoms with Gasteiger partial charge in [0.15, 0.2) is 6.04 Å². The molecule has 2 N–H and O–H groups in total. The van der Waals surface area contributed by atoms with Crippen molar-refractivity contribution in [1.29, 1.82) is 0 Å².